The SMILES string of the molecule is CC(Nc1ncnc2cc(OCCN3CCC3)c([N+](=O)[O-])cc12)c1ccccc1. The van der Waals surface area contributed by atoms with Crippen molar-refractivity contribution in [2.45, 2.75) is 19.4 Å². The van der Waals surface area contributed by atoms with Crippen molar-refractivity contribution in [3.05, 3.63) is 64.5 Å². The first-order valence-electron chi connectivity index (χ1n) is 9.71. The number of aromatic nitrogens is 2. The maximum Gasteiger partial charge on any atom is 0.311 e. The van der Waals surface area contributed by atoms with Crippen LogP contribution in [0, 0.1) is 10.1 Å². The molecule has 8 nitrogen and oxygen atoms in total. The zero-order valence-electron chi connectivity index (χ0n) is 16.2. The number of ether oxygens (including phenoxy) is 1. The van der Waals surface area contributed by atoms with Crippen LogP contribution in [0.1, 0.15) is 24.9 Å². The highest BCUT2D eigenvalue weighted by molar-refractivity contribution is 5.92. The molecule has 1 unspecified atom stereocenters. The second-order valence-electron chi connectivity index (χ2n) is 7.14. The first kappa shape index (κ1) is 19.1. The summed E-state index contributed by atoms with van der Waals surface area (Å²) in [5.74, 6) is 0.797. The average Bonchev–Trinajstić information content (AvgIpc) is 2.70. The molecule has 0 spiro atoms. The van der Waals surface area contributed by atoms with Crippen molar-refractivity contribution in [1.29, 1.82) is 0 Å². The van der Waals surface area contributed by atoms with Gasteiger partial charge in [-0.3, -0.25) is 15.0 Å². The topological polar surface area (TPSA) is 93.4 Å². The van der Waals surface area contributed by atoms with E-state index in [4.69, 9.17) is 4.74 Å². The fourth-order valence-corrected chi connectivity index (χ4v) is 3.37. The summed E-state index contributed by atoms with van der Waals surface area (Å²) in [7, 11) is 0. The van der Waals surface area contributed by atoms with Crippen LogP contribution < -0.4 is 10.1 Å². The van der Waals surface area contributed by atoms with E-state index < -0.39 is 4.92 Å². The molecule has 4 rings (SSSR count). The largest absolute Gasteiger partial charge is 0.485 e. The van der Waals surface area contributed by atoms with Crippen LogP contribution in [-0.2, 0) is 0 Å². The zero-order chi connectivity index (χ0) is 20.2. The van der Waals surface area contributed by atoms with E-state index in [0.29, 0.717) is 23.3 Å². The van der Waals surface area contributed by atoms with Crippen LogP contribution >= 0.6 is 0 Å². The third-order valence-electron chi connectivity index (χ3n) is 5.18. The molecule has 150 valence electrons. The molecule has 1 aliphatic heterocycles. The van der Waals surface area contributed by atoms with E-state index in [2.05, 4.69) is 20.2 Å². The van der Waals surface area contributed by atoms with E-state index in [0.717, 1.165) is 25.2 Å². The highest BCUT2D eigenvalue weighted by Crippen LogP contribution is 2.34. The van der Waals surface area contributed by atoms with Crippen LogP contribution in [0.5, 0.6) is 5.75 Å². The molecule has 1 atom stereocenters. The van der Waals surface area contributed by atoms with Gasteiger partial charge in [-0.2, -0.15) is 0 Å². The molecule has 0 aliphatic carbocycles. The third-order valence-corrected chi connectivity index (χ3v) is 5.18. The number of hydrogen-bond donors (Lipinski definition) is 1. The Bertz CT molecular complexity index is 1010. The molecule has 1 N–H and O–H groups in total. The maximum atomic E-state index is 11.6. The quantitative estimate of drug-likeness (QED) is 0.459. The summed E-state index contributed by atoms with van der Waals surface area (Å²) in [6.07, 6.45) is 2.66. The van der Waals surface area contributed by atoms with Crippen LogP contribution in [0.4, 0.5) is 11.5 Å². The second kappa shape index (κ2) is 8.40. The average molecular weight is 393 g/mol. The normalized spacial score (nSPS) is 14.9. The van der Waals surface area contributed by atoms with E-state index in [-0.39, 0.29) is 17.5 Å². The fourth-order valence-electron chi connectivity index (χ4n) is 3.37. The van der Waals surface area contributed by atoms with Gasteiger partial charge < -0.3 is 10.1 Å². The summed E-state index contributed by atoms with van der Waals surface area (Å²) in [6.45, 7) is 5.31. The smallest absolute Gasteiger partial charge is 0.311 e. The van der Waals surface area contributed by atoms with Crippen molar-refractivity contribution < 1.29 is 9.66 Å². The summed E-state index contributed by atoms with van der Waals surface area (Å²) in [4.78, 5) is 22.1. The van der Waals surface area contributed by atoms with Crippen molar-refractivity contribution in [2.24, 2.45) is 0 Å². The Labute approximate surface area is 168 Å². The summed E-state index contributed by atoms with van der Waals surface area (Å²) < 4.78 is 5.74. The van der Waals surface area contributed by atoms with Gasteiger partial charge in [-0.25, -0.2) is 9.97 Å². The van der Waals surface area contributed by atoms with E-state index >= 15 is 0 Å². The standard InChI is InChI=1S/C21H23N5O3/c1-15(16-6-3-2-4-7-16)24-21-17-12-19(26(27)28)20(13-18(17)22-14-23-21)29-11-10-25-8-5-9-25/h2-4,6-7,12-15H,5,8-11H2,1H3,(H,22,23,24). The second-order valence-corrected chi connectivity index (χ2v) is 7.14. The Morgan fingerprint density at radius 3 is 2.72 bits per heavy atom. The summed E-state index contributed by atoms with van der Waals surface area (Å²) >= 11 is 0. The Balaban J connectivity index is 1.61. The van der Waals surface area contributed by atoms with E-state index in [1.165, 1.54) is 18.8 Å². The number of rotatable bonds is 8. The lowest BCUT2D eigenvalue weighted by Crippen LogP contribution is -2.39. The van der Waals surface area contributed by atoms with Gasteiger partial charge in [0.15, 0.2) is 5.75 Å². The molecular formula is C21H23N5O3. The molecule has 3 aromatic rings. The van der Waals surface area contributed by atoms with Gasteiger partial charge in [0.2, 0.25) is 0 Å². The van der Waals surface area contributed by atoms with Gasteiger partial charge in [0, 0.05) is 30.1 Å². The Hall–Kier alpha value is -3.26. The van der Waals surface area contributed by atoms with Crippen LogP contribution in [-0.4, -0.2) is 46.0 Å². The molecule has 1 saturated heterocycles. The molecule has 0 saturated carbocycles. The van der Waals surface area contributed by atoms with Crippen molar-refractivity contribution >= 4 is 22.4 Å². The van der Waals surface area contributed by atoms with Gasteiger partial charge in [0.25, 0.3) is 0 Å². The van der Waals surface area contributed by atoms with Gasteiger partial charge >= 0.3 is 5.69 Å². The molecule has 2 aromatic carbocycles. The molecule has 0 amide bonds. The maximum absolute atomic E-state index is 11.6. The summed E-state index contributed by atoms with van der Waals surface area (Å²) in [6, 6.07) is 13.1. The fraction of sp³-hybridized carbons (Fsp3) is 0.333. The minimum absolute atomic E-state index is 0.0131. The monoisotopic (exact) mass is 393 g/mol. The van der Waals surface area contributed by atoms with Crippen molar-refractivity contribution in [3.63, 3.8) is 0 Å². The van der Waals surface area contributed by atoms with Gasteiger partial charge in [0.05, 0.1) is 10.4 Å². The van der Waals surface area contributed by atoms with Crippen LogP contribution in [0.3, 0.4) is 0 Å². The number of nitro benzene ring substituents is 1. The van der Waals surface area contributed by atoms with E-state index in [1.54, 1.807) is 6.07 Å². The van der Waals surface area contributed by atoms with Crippen LogP contribution in [0.25, 0.3) is 10.9 Å². The highest BCUT2D eigenvalue weighted by atomic mass is 16.6. The number of hydrogen-bond acceptors (Lipinski definition) is 7. The Morgan fingerprint density at radius 1 is 1.24 bits per heavy atom. The first-order chi connectivity index (χ1) is 14.1. The van der Waals surface area contributed by atoms with Crippen LogP contribution in [0.15, 0.2) is 48.8 Å². The predicted molar refractivity (Wildman–Crippen MR) is 111 cm³/mol. The lowest BCUT2D eigenvalue weighted by Gasteiger charge is -2.30. The lowest BCUT2D eigenvalue weighted by molar-refractivity contribution is -0.385. The van der Waals surface area contributed by atoms with Crippen molar-refractivity contribution in [3.8, 4) is 5.75 Å². The predicted octanol–water partition coefficient (Wildman–Crippen LogP) is 3.80. The Morgan fingerprint density at radius 2 is 2.03 bits per heavy atom. The number of nitrogens with one attached hydrogen (secondary N) is 1. The van der Waals surface area contributed by atoms with E-state index in [9.17, 15) is 10.1 Å². The van der Waals surface area contributed by atoms with Gasteiger partial charge in [-0.1, -0.05) is 30.3 Å². The molecule has 8 heteroatoms. The number of anilines is 1. The molecule has 1 aromatic heterocycles. The minimum atomic E-state index is -0.421. The molecule has 1 aliphatic rings. The van der Waals surface area contributed by atoms with Gasteiger partial charge in [-0.15, -0.1) is 0 Å². The number of nitrogens with zero attached hydrogens (tertiary/aromatic N) is 4. The number of fused-ring (bicyclic) bond motifs is 1. The molecular weight excluding hydrogens is 370 g/mol. The van der Waals surface area contributed by atoms with Gasteiger partial charge in [-0.05, 0) is 32.0 Å². The van der Waals surface area contributed by atoms with Crippen molar-refractivity contribution in [1.82, 2.24) is 14.9 Å². The van der Waals surface area contributed by atoms with E-state index in [1.807, 2.05) is 37.3 Å². The summed E-state index contributed by atoms with van der Waals surface area (Å²) in [5.41, 5.74) is 1.62. The number of likely N-dealkylation sites (tertiary alicyclic amines) is 1. The highest BCUT2D eigenvalue weighted by Gasteiger charge is 2.21. The summed E-state index contributed by atoms with van der Waals surface area (Å²) in [5, 5.41) is 15.6. The third kappa shape index (κ3) is 4.27. The number of benzene rings is 2. The molecule has 0 radical (unpaired) electrons. The van der Waals surface area contributed by atoms with Gasteiger partial charge in [0.1, 0.15) is 18.8 Å². The first-order valence-corrected chi connectivity index (χ1v) is 9.71. The number of nitro groups is 1. The Kier molecular flexibility index (Phi) is 5.53. The molecule has 2 heterocycles. The molecule has 0 bridgehead atoms. The van der Waals surface area contributed by atoms with Crippen LogP contribution in [0.2, 0.25) is 0 Å². The lowest BCUT2D eigenvalue weighted by atomic mass is 10.1. The minimum Gasteiger partial charge on any atom is -0.485 e. The van der Waals surface area contributed by atoms with Crippen molar-refractivity contribution in [2.75, 3.05) is 31.6 Å². The molecule has 29 heavy (non-hydrogen) atoms. The zero-order valence-corrected chi connectivity index (χ0v) is 16.2. The molecule has 1 fully saturated rings.